The summed E-state index contributed by atoms with van der Waals surface area (Å²) < 4.78 is 5.38. The monoisotopic (exact) mass is 400 g/mol. The van der Waals surface area contributed by atoms with Crippen LogP contribution in [0.3, 0.4) is 0 Å². The Morgan fingerprint density at radius 1 is 1.04 bits per heavy atom. The predicted molar refractivity (Wildman–Crippen MR) is 110 cm³/mol. The van der Waals surface area contributed by atoms with E-state index in [0.29, 0.717) is 17.9 Å². The summed E-state index contributed by atoms with van der Waals surface area (Å²) in [5.41, 5.74) is 2.79. The van der Waals surface area contributed by atoms with Crippen LogP contribution < -0.4 is 10.6 Å². The molecule has 0 aliphatic rings. The minimum absolute atomic E-state index is 0.103. The minimum atomic E-state index is -1.18. The van der Waals surface area contributed by atoms with E-state index < -0.39 is 24.0 Å². The fourth-order valence-electron chi connectivity index (χ4n) is 2.38. The van der Waals surface area contributed by atoms with Gasteiger partial charge in [0.25, 0.3) is 5.91 Å². The Hall–Kier alpha value is -2.80. The number of carbonyl (C=O) groups excluding carboxylic acids is 3. The van der Waals surface area contributed by atoms with Crippen LogP contribution in [0.4, 0.5) is 4.79 Å². The first kappa shape index (κ1) is 21.5. The van der Waals surface area contributed by atoms with E-state index in [1.165, 1.54) is 17.3 Å². The summed E-state index contributed by atoms with van der Waals surface area (Å²) >= 11 is 1.41. The van der Waals surface area contributed by atoms with Gasteiger partial charge >= 0.3 is 12.0 Å². The second-order valence-corrected chi connectivity index (χ2v) is 7.09. The van der Waals surface area contributed by atoms with E-state index >= 15 is 0 Å². The molecule has 0 saturated carbocycles. The van der Waals surface area contributed by atoms with Gasteiger partial charge in [-0.3, -0.25) is 14.9 Å². The first-order valence-electron chi connectivity index (χ1n) is 8.96. The van der Waals surface area contributed by atoms with Gasteiger partial charge in [-0.1, -0.05) is 60.2 Å². The van der Waals surface area contributed by atoms with E-state index in [-0.39, 0.29) is 5.75 Å². The molecule has 1 atom stereocenters. The van der Waals surface area contributed by atoms with E-state index in [4.69, 9.17) is 4.74 Å². The summed E-state index contributed by atoms with van der Waals surface area (Å²) in [6.45, 7) is 4.14. The zero-order valence-corrected chi connectivity index (χ0v) is 16.8. The summed E-state index contributed by atoms with van der Waals surface area (Å²) in [6.07, 6.45) is -1.18. The smallest absolute Gasteiger partial charge is 0.321 e. The first-order chi connectivity index (χ1) is 13.5. The number of hydrogen-bond acceptors (Lipinski definition) is 5. The van der Waals surface area contributed by atoms with E-state index in [1.54, 1.807) is 37.3 Å². The number of ether oxygens (including phenoxy) is 1. The van der Waals surface area contributed by atoms with Gasteiger partial charge in [0.15, 0.2) is 0 Å². The van der Waals surface area contributed by atoms with Crippen LogP contribution >= 0.6 is 11.8 Å². The van der Waals surface area contributed by atoms with E-state index in [1.807, 2.05) is 31.2 Å². The largest absolute Gasteiger partial charge is 0.447 e. The standard InChI is InChI=1S/C21H24N2O4S/c1-3-22-21(26)23-20(25)19(17-7-5-4-6-8-17)27-18(24)14-28-13-16-11-9-15(2)10-12-16/h4-12,19H,3,13-14H2,1-2H3,(H2,22,23,25,26)/t19-/m0/s1. The van der Waals surface area contributed by atoms with Gasteiger partial charge in [-0.25, -0.2) is 4.79 Å². The molecule has 0 fully saturated rings. The van der Waals surface area contributed by atoms with Crippen molar-refractivity contribution in [3.05, 3.63) is 71.3 Å². The lowest BCUT2D eigenvalue weighted by Gasteiger charge is -2.17. The number of aryl methyl sites for hydroxylation is 1. The molecule has 0 unspecified atom stereocenters. The highest BCUT2D eigenvalue weighted by Gasteiger charge is 2.26. The average Bonchev–Trinajstić information content (AvgIpc) is 2.68. The number of esters is 1. The Morgan fingerprint density at radius 3 is 2.36 bits per heavy atom. The molecule has 0 spiro atoms. The van der Waals surface area contributed by atoms with Crippen molar-refractivity contribution in [1.29, 1.82) is 0 Å². The van der Waals surface area contributed by atoms with Crippen molar-refractivity contribution in [2.75, 3.05) is 12.3 Å². The zero-order valence-electron chi connectivity index (χ0n) is 15.9. The van der Waals surface area contributed by atoms with Gasteiger partial charge in [-0.05, 0) is 19.4 Å². The van der Waals surface area contributed by atoms with E-state index in [0.717, 1.165) is 5.56 Å². The number of urea groups is 1. The summed E-state index contributed by atoms with van der Waals surface area (Å²) in [5.74, 6) is -0.437. The highest BCUT2D eigenvalue weighted by atomic mass is 32.2. The molecule has 0 aliphatic heterocycles. The molecule has 7 heteroatoms. The number of imide groups is 1. The molecule has 0 radical (unpaired) electrons. The summed E-state index contributed by atoms with van der Waals surface area (Å²) in [4.78, 5) is 36.3. The number of benzene rings is 2. The molecule has 28 heavy (non-hydrogen) atoms. The molecule has 2 rings (SSSR count). The zero-order chi connectivity index (χ0) is 20.4. The van der Waals surface area contributed by atoms with Gasteiger partial charge in [-0.2, -0.15) is 0 Å². The molecule has 0 aliphatic carbocycles. The van der Waals surface area contributed by atoms with Crippen molar-refractivity contribution >= 4 is 29.7 Å². The highest BCUT2D eigenvalue weighted by molar-refractivity contribution is 7.99. The molecule has 0 saturated heterocycles. The van der Waals surface area contributed by atoms with Crippen LogP contribution in [0.15, 0.2) is 54.6 Å². The van der Waals surface area contributed by atoms with Crippen molar-refractivity contribution in [3.8, 4) is 0 Å². The van der Waals surface area contributed by atoms with Crippen LogP contribution in [0.5, 0.6) is 0 Å². The molecular weight excluding hydrogens is 376 g/mol. The Labute approximate surface area is 169 Å². The molecular formula is C21H24N2O4S. The molecule has 3 amide bonds. The van der Waals surface area contributed by atoms with Crippen LogP contribution in [0.2, 0.25) is 0 Å². The van der Waals surface area contributed by atoms with E-state index in [9.17, 15) is 14.4 Å². The lowest BCUT2D eigenvalue weighted by atomic mass is 10.1. The fraction of sp³-hybridized carbons (Fsp3) is 0.286. The topological polar surface area (TPSA) is 84.5 Å². The molecule has 148 valence electrons. The fourth-order valence-corrected chi connectivity index (χ4v) is 3.15. The summed E-state index contributed by atoms with van der Waals surface area (Å²) in [6, 6.07) is 16.1. The average molecular weight is 401 g/mol. The van der Waals surface area contributed by atoms with Crippen LogP contribution in [-0.4, -0.2) is 30.2 Å². The lowest BCUT2D eigenvalue weighted by molar-refractivity contribution is -0.153. The van der Waals surface area contributed by atoms with Gasteiger partial charge < -0.3 is 10.1 Å². The van der Waals surface area contributed by atoms with Gasteiger partial charge in [-0.15, -0.1) is 11.8 Å². The number of nitrogens with one attached hydrogen (secondary N) is 2. The SMILES string of the molecule is CCNC(=O)NC(=O)[C@@H](OC(=O)CSCc1ccc(C)cc1)c1ccccc1. The Balaban J connectivity index is 1.95. The molecule has 2 aromatic carbocycles. The minimum Gasteiger partial charge on any atom is -0.447 e. The third-order valence-electron chi connectivity index (χ3n) is 3.77. The third kappa shape index (κ3) is 7.08. The Bertz CT molecular complexity index is 794. The summed E-state index contributed by atoms with van der Waals surface area (Å²) in [7, 11) is 0. The van der Waals surface area contributed by atoms with Crippen LogP contribution in [0.25, 0.3) is 0 Å². The maximum Gasteiger partial charge on any atom is 0.321 e. The number of rotatable bonds is 8. The van der Waals surface area contributed by atoms with Crippen molar-refractivity contribution in [3.63, 3.8) is 0 Å². The molecule has 2 aromatic rings. The second kappa shape index (κ2) is 11.1. The first-order valence-corrected chi connectivity index (χ1v) is 10.1. The van der Waals surface area contributed by atoms with Crippen molar-refractivity contribution in [1.82, 2.24) is 10.6 Å². The van der Waals surface area contributed by atoms with Gasteiger partial charge in [0, 0.05) is 17.9 Å². The molecule has 0 heterocycles. The second-order valence-electron chi connectivity index (χ2n) is 6.11. The van der Waals surface area contributed by atoms with Crippen molar-refractivity contribution in [2.24, 2.45) is 0 Å². The van der Waals surface area contributed by atoms with E-state index in [2.05, 4.69) is 10.6 Å². The van der Waals surface area contributed by atoms with Crippen LogP contribution in [0.1, 0.15) is 29.7 Å². The molecule has 6 nitrogen and oxygen atoms in total. The summed E-state index contributed by atoms with van der Waals surface area (Å²) in [5, 5.41) is 4.68. The maximum atomic E-state index is 12.4. The number of amides is 3. The molecule has 0 bridgehead atoms. The third-order valence-corrected chi connectivity index (χ3v) is 4.75. The van der Waals surface area contributed by atoms with Gasteiger partial charge in [0.2, 0.25) is 6.10 Å². The number of carbonyl (C=O) groups is 3. The Kier molecular flexibility index (Phi) is 8.55. The Morgan fingerprint density at radius 2 is 1.71 bits per heavy atom. The number of thioether (sulfide) groups is 1. The quantitative estimate of drug-likeness (QED) is 0.664. The van der Waals surface area contributed by atoms with Gasteiger partial charge in [0.05, 0.1) is 5.75 Å². The normalized spacial score (nSPS) is 11.4. The lowest BCUT2D eigenvalue weighted by Crippen LogP contribution is -2.42. The van der Waals surface area contributed by atoms with Gasteiger partial charge in [0.1, 0.15) is 0 Å². The van der Waals surface area contributed by atoms with Crippen molar-refractivity contribution in [2.45, 2.75) is 25.7 Å². The maximum absolute atomic E-state index is 12.4. The van der Waals surface area contributed by atoms with Crippen LogP contribution in [-0.2, 0) is 20.1 Å². The van der Waals surface area contributed by atoms with Crippen molar-refractivity contribution < 1.29 is 19.1 Å². The predicted octanol–water partition coefficient (Wildman–Crippen LogP) is 3.36. The highest BCUT2D eigenvalue weighted by Crippen LogP contribution is 2.20. The van der Waals surface area contributed by atoms with Crippen LogP contribution in [0, 0.1) is 6.92 Å². The molecule has 2 N–H and O–H groups in total. The number of hydrogen-bond donors (Lipinski definition) is 2. The molecule has 0 aromatic heterocycles.